The molecule has 2 saturated heterocycles. The first-order valence-corrected chi connectivity index (χ1v) is 11.6. The standard InChI is InChI=1S/C23H38N2O5/c1-2-3-4-8-11-21(26)25-16-22(27)24-15-18-17(19-13-14-20(18)30-19)10-7-5-6-9-12-23(28)29/h5,7,17-20H,2-4,6,8-16H2,1H3,(H,24,27)(H,25,26)(H,28,29)/t17-,18+,19+,20-/m1/s1. The van der Waals surface area contributed by atoms with Gasteiger partial charge in [-0.2, -0.15) is 0 Å². The van der Waals surface area contributed by atoms with Crippen LogP contribution in [0.4, 0.5) is 0 Å². The number of fused-ring (bicyclic) bond motifs is 2. The third kappa shape index (κ3) is 8.46. The molecule has 0 aromatic carbocycles. The molecule has 7 nitrogen and oxygen atoms in total. The third-order valence-electron chi connectivity index (χ3n) is 6.17. The average molecular weight is 423 g/mol. The Hall–Kier alpha value is -1.89. The van der Waals surface area contributed by atoms with Gasteiger partial charge in [0.15, 0.2) is 0 Å². The second-order valence-corrected chi connectivity index (χ2v) is 8.50. The van der Waals surface area contributed by atoms with Crippen molar-refractivity contribution >= 4 is 17.8 Å². The Bertz CT molecular complexity index is 592. The van der Waals surface area contributed by atoms with Crippen molar-refractivity contribution < 1.29 is 24.2 Å². The number of nitrogens with one attached hydrogen (secondary N) is 2. The summed E-state index contributed by atoms with van der Waals surface area (Å²) >= 11 is 0. The van der Waals surface area contributed by atoms with E-state index in [0.29, 0.717) is 31.2 Å². The van der Waals surface area contributed by atoms with Crippen molar-refractivity contribution in [2.75, 3.05) is 13.1 Å². The molecule has 2 rings (SSSR count). The Balaban J connectivity index is 1.66. The molecule has 0 aromatic rings. The van der Waals surface area contributed by atoms with Gasteiger partial charge >= 0.3 is 5.97 Å². The first-order valence-electron chi connectivity index (χ1n) is 11.6. The highest BCUT2D eigenvalue weighted by atomic mass is 16.5. The maximum absolute atomic E-state index is 12.2. The van der Waals surface area contributed by atoms with E-state index in [1.165, 1.54) is 0 Å². The van der Waals surface area contributed by atoms with Gasteiger partial charge in [0, 0.05) is 25.3 Å². The Kier molecular flexibility index (Phi) is 10.9. The van der Waals surface area contributed by atoms with Gasteiger partial charge in [-0.05, 0) is 44.4 Å². The van der Waals surface area contributed by atoms with Crippen LogP contribution in [0.15, 0.2) is 12.2 Å². The topological polar surface area (TPSA) is 105 Å². The van der Waals surface area contributed by atoms with Gasteiger partial charge in [0.25, 0.3) is 0 Å². The van der Waals surface area contributed by atoms with Crippen LogP contribution in [0, 0.1) is 11.8 Å². The van der Waals surface area contributed by atoms with Gasteiger partial charge in [-0.25, -0.2) is 0 Å². The summed E-state index contributed by atoms with van der Waals surface area (Å²) in [5, 5.41) is 14.4. The average Bonchev–Trinajstić information content (AvgIpc) is 3.32. The highest BCUT2D eigenvalue weighted by Crippen LogP contribution is 2.44. The molecule has 0 unspecified atom stereocenters. The minimum Gasteiger partial charge on any atom is -0.481 e. The Morgan fingerprint density at radius 3 is 2.43 bits per heavy atom. The molecular formula is C23H38N2O5. The summed E-state index contributed by atoms with van der Waals surface area (Å²) in [6.07, 6.45) is 13.9. The van der Waals surface area contributed by atoms with E-state index < -0.39 is 5.97 Å². The van der Waals surface area contributed by atoms with E-state index in [2.05, 4.69) is 29.7 Å². The number of unbranched alkanes of at least 4 members (excludes halogenated alkanes) is 4. The summed E-state index contributed by atoms with van der Waals surface area (Å²) < 4.78 is 6.07. The number of rotatable bonds is 15. The molecule has 170 valence electrons. The van der Waals surface area contributed by atoms with Crippen molar-refractivity contribution in [1.29, 1.82) is 0 Å². The number of carbonyl (C=O) groups excluding carboxylic acids is 2. The molecule has 0 aliphatic carbocycles. The van der Waals surface area contributed by atoms with Crippen LogP contribution in [0.5, 0.6) is 0 Å². The summed E-state index contributed by atoms with van der Waals surface area (Å²) in [6, 6.07) is 0. The molecule has 3 N–H and O–H groups in total. The van der Waals surface area contributed by atoms with E-state index in [0.717, 1.165) is 51.4 Å². The molecule has 4 atom stereocenters. The Morgan fingerprint density at radius 1 is 0.933 bits per heavy atom. The second-order valence-electron chi connectivity index (χ2n) is 8.50. The first-order chi connectivity index (χ1) is 14.5. The highest BCUT2D eigenvalue weighted by molar-refractivity contribution is 5.84. The van der Waals surface area contributed by atoms with Crippen LogP contribution in [0.2, 0.25) is 0 Å². The zero-order chi connectivity index (χ0) is 21.8. The van der Waals surface area contributed by atoms with Crippen LogP contribution in [0.3, 0.4) is 0 Å². The van der Waals surface area contributed by atoms with Crippen molar-refractivity contribution in [3.05, 3.63) is 12.2 Å². The lowest BCUT2D eigenvalue weighted by Gasteiger charge is -2.27. The zero-order valence-corrected chi connectivity index (χ0v) is 18.2. The number of ether oxygens (including phenoxy) is 1. The van der Waals surface area contributed by atoms with Crippen LogP contribution in [-0.4, -0.2) is 48.2 Å². The van der Waals surface area contributed by atoms with Crippen LogP contribution >= 0.6 is 0 Å². The SMILES string of the molecule is CCCCCCC(=O)NCC(=O)NC[C@H]1[C@@H](CC=CCCCC(=O)O)[C@@H]2CC[C@H]1O2. The van der Waals surface area contributed by atoms with Gasteiger partial charge in [0.2, 0.25) is 11.8 Å². The maximum Gasteiger partial charge on any atom is 0.303 e. The summed E-state index contributed by atoms with van der Waals surface area (Å²) in [4.78, 5) is 34.5. The lowest BCUT2D eigenvalue weighted by molar-refractivity contribution is -0.137. The number of hydrogen-bond acceptors (Lipinski definition) is 4. The molecule has 2 aliphatic rings. The maximum atomic E-state index is 12.2. The summed E-state index contributed by atoms with van der Waals surface area (Å²) in [6.45, 7) is 2.74. The van der Waals surface area contributed by atoms with E-state index in [9.17, 15) is 14.4 Å². The first kappa shape index (κ1) is 24.4. The fraction of sp³-hybridized carbons (Fsp3) is 0.783. The minimum absolute atomic E-state index is 0.0302. The van der Waals surface area contributed by atoms with E-state index >= 15 is 0 Å². The molecule has 0 spiro atoms. The van der Waals surface area contributed by atoms with Crippen molar-refractivity contribution in [2.24, 2.45) is 11.8 Å². The van der Waals surface area contributed by atoms with Crippen molar-refractivity contribution in [2.45, 2.75) is 89.8 Å². The predicted octanol–water partition coefficient (Wildman–Crippen LogP) is 3.18. The molecule has 0 aromatic heterocycles. The van der Waals surface area contributed by atoms with Crippen molar-refractivity contribution in [3.8, 4) is 0 Å². The quantitative estimate of drug-likeness (QED) is 0.278. The molecule has 2 fully saturated rings. The van der Waals surface area contributed by atoms with Crippen LogP contribution in [0.1, 0.15) is 77.6 Å². The molecule has 30 heavy (non-hydrogen) atoms. The number of amides is 2. The van der Waals surface area contributed by atoms with E-state index in [1.54, 1.807) is 0 Å². The van der Waals surface area contributed by atoms with Crippen LogP contribution in [-0.2, 0) is 19.1 Å². The molecule has 2 bridgehead atoms. The third-order valence-corrected chi connectivity index (χ3v) is 6.17. The molecule has 0 saturated carbocycles. The predicted molar refractivity (Wildman–Crippen MR) is 115 cm³/mol. The number of aliphatic carboxylic acids is 1. The Morgan fingerprint density at radius 2 is 1.70 bits per heavy atom. The molecular weight excluding hydrogens is 384 g/mol. The molecule has 7 heteroatoms. The monoisotopic (exact) mass is 422 g/mol. The van der Waals surface area contributed by atoms with E-state index in [1.807, 2.05) is 0 Å². The fourth-order valence-electron chi connectivity index (χ4n) is 4.50. The van der Waals surface area contributed by atoms with Crippen molar-refractivity contribution in [1.82, 2.24) is 10.6 Å². The van der Waals surface area contributed by atoms with Crippen molar-refractivity contribution in [3.63, 3.8) is 0 Å². The van der Waals surface area contributed by atoms with Gasteiger partial charge in [-0.1, -0.05) is 38.3 Å². The van der Waals surface area contributed by atoms with Crippen LogP contribution < -0.4 is 10.6 Å². The smallest absolute Gasteiger partial charge is 0.303 e. The molecule has 2 heterocycles. The summed E-state index contributed by atoms with van der Waals surface area (Å²) in [5.74, 6) is -0.291. The van der Waals surface area contributed by atoms with Gasteiger partial charge in [0.1, 0.15) is 0 Å². The zero-order valence-electron chi connectivity index (χ0n) is 18.2. The van der Waals surface area contributed by atoms with Gasteiger partial charge in [0.05, 0.1) is 18.8 Å². The van der Waals surface area contributed by atoms with E-state index in [-0.39, 0.29) is 37.0 Å². The normalized spacial score (nSPS) is 25.0. The molecule has 2 aliphatic heterocycles. The van der Waals surface area contributed by atoms with E-state index in [4.69, 9.17) is 9.84 Å². The molecule has 2 amide bonds. The van der Waals surface area contributed by atoms with Gasteiger partial charge < -0.3 is 20.5 Å². The lowest BCUT2D eigenvalue weighted by atomic mass is 9.77. The Labute approximate surface area is 180 Å². The number of carbonyl (C=O) groups is 3. The second kappa shape index (κ2) is 13.4. The largest absolute Gasteiger partial charge is 0.481 e. The van der Waals surface area contributed by atoms with Gasteiger partial charge in [-0.3, -0.25) is 14.4 Å². The van der Waals surface area contributed by atoms with Gasteiger partial charge in [-0.15, -0.1) is 0 Å². The lowest BCUT2D eigenvalue weighted by Crippen LogP contribution is -2.42. The molecule has 0 radical (unpaired) electrons. The number of allylic oxidation sites excluding steroid dienone is 2. The fourth-order valence-corrected chi connectivity index (χ4v) is 4.50. The van der Waals surface area contributed by atoms with Crippen LogP contribution in [0.25, 0.3) is 0 Å². The summed E-state index contributed by atoms with van der Waals surface area (Å²) in [5.41, 5.74) is 0. The highest BCUT2D eigenvalue weighted by Gasteiger charge is 2.47. The minimum atomic E-state index is -0.756. The number of carboxylic acid groups (broad SMARTS) is 1. The number of hydrogen-bond donors (Lipinski definition) is 3. The summed E-state index contributed by atoms with van der Waals surface area (Å²) in [7, 11) is 0. The number of carboxylic acids is 1.